The first-order valence-corrected chi connectivity index (χ1v) is 10.1. The SMILES string of the molecule is C[NH+]=C(C(=O)NC1CCNCC1(F)F)c1cc(OCc2scnc2C)ccc1N. The van der Waals surface area contributed by atoms with E-state index >= 15 is 0 Å². The van der Waals surface area contributed by atoms with Crippen LogP contribution in [0.2, 0.25) is 0 Å². The average Bonchev–Trinajstić information content (AvgIpc) is 3.09. The number of hydrogen-bond acceptors (Lipinski definition) is 6. The van der Waals surface area contributed by atoms with E-state index in [0.717, 1.165) is 10.6 Å². The summed E-state index contributed by atoms with van der Waals surface area (Å²) >= 11 is 1.49. The molecule has 3 rings (SSSR count). The van der Waals surface area contributed by atoms with E-state index < -0.39 is 24.4 Å². The summed E-state index contributed by atoms with van der Waals surface area (Å²) in [6, 6.07) is 3.70. The first kappa shape index (κ1) is 21.1. The average molecular weight is 424 g/mol. The molecule has 0 saturated carbocycles. The lowest BCUT2D eigenvalue weighted by Gasteiger charge is -2.32. The lowest BCUT2D eigenvalue weighted by Crippen LogP contribution is -2.72. The van der Waals surface area contributed by atoms with Gasteiger partial charge in [-0.3, -0.25) is 4.79 Å². The molecular weight excluding hydrogens is 400 g/mol. The third-order valence-corrected chi connectivity index (χ3v) is 5.68. The summed E-state index contributed by atoms with van der Waals surface area (Å²) in [5.41, 5.74) is 9.52. The van der Waals surface area contributed by atoms with Crippen molar-refractivity contribution in [2.45, 2.75) is 31.9 Å². The van der Waals surface area contributed by atoms with Crippen LogP contribution < -0.4 is 26.1 Å². The second kappa shape index (κ2) is 8.83. The van der Waals surface area contributed by atoms with E-state index in [1.54, 1.807) is 30.8 Å². The number of nitrogens with two attached hydrogens (primary N) is 1. The molecule has 1 aliphatic heterocycles. The highest BCUT2D eigenvalue weighted by Gasteiger charge is 2.43. The molecule has 0 bridgehead atoms. The van der Waals surface area contributed by atoms with Crippen LogP contribution in [-0.4, -0.2) is 48.7 Å². The van der Waals surface area contributed by atoms with Crippen molar-refractivity contribution in [2.75, 3.05) is 25.9 Å². The maximum absolute atomic E-state index is 14.1. The Hall–Kier alpha value is -2.59. The maximum atomic E-state index is 14.1. The van der Waals surface area contributed by atoms with Crippen molar-refractivity contribution in [1.29, 1.82) is 0 Å². The maximum Gasteiger partial charge on any atom is 0.316 e. The number of amides is 1. The molecule has 1 aromatic heterocycles. The number of hydrogen-bond donors (Lipinski definition) is 4. The highest BCUT2D eigenvalue weighted by Crippen LogP contribution is 2.25. The Morgan fingerprint density at radius 3 is 2.97 bits per heavy atom. The summed E-state index contributed by atoms with van der Waals surface area (Å²) in [6.07, 6.45) is 0.141. The third-order valence-electron chi connectivity index (χ3n) is 4.77. The van der Waals surface area contributed by atoms with E-state index in [1.807, 2.05) is 6.92 Å². The largest absolute Gasteiger partial charge is 0.488 e. The minimum Gasteiger partial charge on any atom is -0.488 e. The molecule has 0 radical (unpaired) electrons. The Balaban J connectivity index is 1.76. The molecule has 1 atom stereocenters. The summed E-state index contributed by atoms with van der Waals surface area (Å²) in [5.74, 6) is -3.15. The summed E-state index contributed by atoms with van der Waals surface area (Å²) in [5, 5.41) is 5.07. The zero-order valence-electron chi connectivity index (χ0n) is 16.2. The molecule has 10 heteroatoms. The Labute approximate surface area is 171 Å². The van der Waals surface area contributed by atoms with Crippen LogP contribution in [0.5, 0.6) is 5.75 Å². The number of carbonyl (C=O) groups excluding carboxylic acids is 1. The number of carbonyl (C=O) groups is 1. The number of benzene rings is 1. The summed E-state index contributed by atoms with van der Waals surface area (Å²) in [6.45, 7) is 2.19. The van der Waals surface area contributed by atoms with Crippen molar-refractivity contribution in [1.82, 2.24) is 15.6 Å². The number of nitrogens with one attached hydrogen (secondary N) is 3. The molecule has 2 heterocycles. The summed E-state index contributed by atoms with van der Waals surface area (Å²) in [7, 11) is 1.54. The molecule has 2 aromatic rings. The quantitative estimate of drug-likeness (QED) is 0.393. The Morgan fingerprint density at radius 1 is 1.52 bits per heavy atom. The fourth-order valence-electron chi connectivity index (χ4n) is 3.07. The van der Waals surface area contributed by atoms with Gasteiger partial charge in [-0.05, 0) is 38.1 Å². The second-order valence-electron chi connectivity index (χ2n) is 6.78. The molecule has 1 aromatic carbocycles. The highest BCUT2D eigenvalue weighted by atomic mass is 32.1. The summed E-state index contributed by atoms with van der Waals surface area (Å²) < 4.78 is 33.9. The van der Waals surface area contributed by atoms with Crippen LogP contribution in [0.25, 0.3) is 0 Å². The molecule has 1 unspecified atom stereocenters. The van der Waals surface area contributed by atoms with Crippen LogP contribution in [-0.2, 0) is 11.4 Å². The number of anilines is 1. The molecule has 156 valence electrons. The van der Waals surface area contributed by atoms with Crippen molar-refractivity contribution < 1.29 is 23.3 Å². The van der Waals surface area contributed by atoms with E-state index in [1.165, 1.54) is 11.3 Å². The normalized spacial score (nSPS) is 19.0. The van der Waals surface area contributed by atoms with Crippen molar-refractivity contribution >= 4 is 28.6 Å². The molecule has 1 fully saturated rings. The van der Waals surface area contributed by atoms with Gasteiger partial charge in [0.05, 0.1) is 34.2 Å². The Morgan fingerprint density at radius 2 is 2.31 bits per heavy atom. The topological polar surface area (TPSA) is 103 Å². The van der Waals surface area contributed by atoms with Crippen LogP contribution in [0, 0.1) is 6.92 Å². The molecule has 29 heavy (non-hydrogen) atoms. The number of piperidine rings is 1. The third kappa shape index (κ3) is 4.88. The van der Waals surface area contributed by atoms with Gasteiger partial charge in [0.15, 0.2) is 0 Å². The number of nitrogen functional groups attached to an aromatic ring is 1. The number of aromatic nitrogens is 1. The zero-order valence-corrected chi connectivity index (χ0v) is 17.0. The van der Waals surface area contributed by atoms with E-state index in [0.29, 0.717) is 30.2 Å². The number of nitrogens with zero attached hydrogens (tertiary/aromatic N) is 1. The number of rotatable bonds is 6. The van der Waals surface area contributed by atoms with Gasteiger partial charge in [-0.2, -0.15) is 0 Å². The van der Waals surface area contributed by atoms with Crippen molar-refractivity contribution in [2.24, 2.45) is 0 Å². The molecule has 1 amide bonds. The highest BCUT2D eigenvalue weighted by molar-refractivity contribution is 7.09. The van der Waals surface area contributed by atoms with Gasteiger partial charge in [-0.1, -0.05) is 0 Å². The van der Waals surface area contributed by atoms with Gasteiger partial charge in [-0.15, -0.1) is 11.3 Å². The number of aryl methyl sites for hydroxylation is 1. The van der Waals surface area contributed by atoms with Crippen molar-refractivity contribution in [3.63, 3.8) is 0 Å². The monoisotopic (exact) mass is 424 g/mol. The van der Waals surface area contributed by atoms with Crippen LogP contribution in [0.1, 0.15) is 22.6 Å². The molecule has 1 aliphatic rings. The van der Waals surface area contributed by atoms with Crippen LogP contribution in [0.15, 0.2) is 23.7 Å². The van der Waals surface area contributed by atoms with Gasteiger partial charge in [-0.25, -0.2) is 18.8 Å². The molecule has 5 N–H and O–H groups in total. The van der Waals surface area contributed by atoms with Gasteiger partial charge in [0, 0.05) is 5.69 Å². The number of halogens is 2. The fraction of sp³-hybridized carbons (Fsp3) is 0.421. The molecular formula is C19H24F2N5O2S+. The van der Waals surface area contributed by atoms with Gasteiger partial charge in [0.2, 0.25) is 0 Å². The van der Waals surface area contributed by atoms with E-state index in [-0.39, 0.29) is 12.1 Å². The Kier molecular flexibility index (Phi) is 6.43. The van der Waals surface area contributed by atoms with Crippen molar-refractivity contribution in [3.8, 4) is 5.75 Å². The Bertz CT molecular complexity index is 916. The minimum atomic E-state index is -3.02. The standard InChI is InChI=1S/C19H23F2N5O2S/c1-11-15(29-10-25-11)8-28-12-3-4-14(22)13(7-12)17(23-2)18(27)26-16-5-6-24-9-19(16,20)21/h3-4,7,10,16,24H,5-6,8-9,22H2,1-2H3,(H,26,27)/p+1. The number of ether oxygens (including phenoxy) is 1. The summed E-state index contributed by atoms with van der Waals surface area (Å²) in [4.78, 5) is 20.7. The molecule has 1 saturated heterocycles. The van der Waals surface area contributed by atoms with Crippen LogP contribution >= 0.6 is 11.3 Å². The van der Waals surface area contributed by atoms with Crippen LogP contribution in [0.3, 0.4) is 0 Å². The number of alkyl halides is 2. The first-order valence-electron chi connectivity index (χ1n) is 9.17. The van der Waals surface area contributed by atoms with E-state index in [9.17, 15) is 13.6 Å². The molecule has 0 aliphatic carbocycles. The predicted molar refractivity (Wildman–Crippen MR) is 107 cm³/mol. The van der Waals surface area contributed by atoms with Crippen molar-refractivity contribution in [3.05, 3.63) is 39.8 Å². The van der Waals surface area contributed by atoms with Gasteiger partial charge in [0.1, 0.15) is 19.4 Å². The first-order chi connectivity index (χ1) is 13.8. The lowest BCUT2D eigenvalue weighted by molar-refractivity contribution is -0.418. The molecule has 7 nitrogen and oxygen atoms in total. The van der Waals surface area contributed by atoms with Gasteiger partial charge in [0.25, 0.3) is 11.6 Å². The van der Waals surface area contributed by atoms with Gasteiger partial charge >= 0.3 is 5.91 Å². The minimum absolute atomic E-state index is 0.108. The predicted octanol–water partition coefficient (Wildman–Crippen LogP) is 0.226. The zero-order chi connectivity index (χ0) is 21.0. The lowest BCUT2D eigenvalue weighted by atomic mass is 10.0. The second-order valence-corrected chi connectivity index (χ2v) is 7.72. The fourth-order valence-corrected chi connectivity index (χ4v) is 3.76. The van der Waals surface area contributed by atoms with Crippen LogP contribution in [0.4, 0.5) is 14.5 Å². The van der Waals surface area contributed by atoms with E-state index in [2.05, 4.69) is 20.6 Å². The molecule has 0 spiro atoms. The van der Waals surface area contributed by atoms with E-state index in [4.69, 9.17) is 10.5 Å². The smallest absolute Gasteiger partial charge is 0.316 e. The number of thiazole rings is 1. The van der Waals surface area contributed by atoms with Gasteiger partial charge < -0.3 is 21.1 Å².